The van der Waals surface area contributed by atoms with Gasteiger partial charge in [-0.15, -0.1) is 0 Å². The van der Waals surface area contributed by atoms with Crippen LogP contribution < -0.4 is 0 Å². The topological polar surface area (TPSA) is 57.5 Å². The van der Waals surface area contributed by atoms with Gasteiger partial charge in [0.2, 0.25) is 0 Å². The molecule has 0 aliphatic heterocycles. The van der Waals surface area contributed by atoms with Crippen LogP contribution in [0.3, 0.4) is 0 Å². The number of aliphatic hydroxyl groups is 1. The molecule has 0 spiro atoms. The Morgan fingerprint density at radius 3 is 2.44 bits per heavy atom. The molecule has 100 valence electrons. The summed E-state index contributed by atoms with van der Waals surface area (Å²) in [5.74, 6) is -3.17. The van der Waals surface area contributed by atoms with Gasteiger partial charge in [0.25, 0.3) is 0 Å². The molecule has 0 radical (unpaired) electrons. The van der Waals surface area contributed by atoms with Crippen LogP contribution in [0.1, 0.15) is 26.3 Å². The second-order valence-corrected chi connectivity index (χ2v) is 5.75. The fourth-order valence-corrected chi connectivity index (χ4v) is 2.59. The molecule has 0 fully saturated rings. The summed E-state index contributed by atoms with van der Waals surface area (Å²) in [5.41, 5.74) is -1.79. The molecular weight excluding hydrogens is 303 g/mol. The molecule has 0 saturated carbocycles. The van der Waals surface area contributed by atoms with Crippen LogP contribution in [0, 0.1) is 17.7 Å². The van der Waals surface area contributed by atoms with Crippen molar-refractivity contribution in [3.63, 3.8) is 0 Å². The SMILES string of the molecule is CC(C)C(C(=O)O)C(C)(O)c1cc(Br)ccc1F. The number of hydrogen-bond donors (Lipinski definition) is 2. The molecule has 0 amide bonds. The first-order valence-electron chi connectivity index (χ1n) is 5.58. The van der Waals surface area contributed by atoms with Crippen LogP contribution in [-0.2, 0) is 10.4 Å². The zero-order chi connectivity index (χ0) is 14.1. The molecule has 1 aromatic carbocycles. The summed E-state index contributed by atoms with van der Waals surface area (Å²) in [6.45, 7) is 4.70. The Bertz CT molecular complexity index is 458. The fraction of sp³-hybridized carbons (Fsp3) is 0.462. The third-order valence-corrected chi connectivity index (χ3v) is 3.51. The zero-order valence-corrected chi connectivity index (χ0v) is 12.0. The molecule has 18 heavy (non-hydrogen) atoms. The number of halogens is 2. The maximum absolute atomic E-state index is 13.8. The van der Waals surface area contributed by atoms with Crippen molar-refractivity contribution in [1.29, 1.82) is 0 Å². The predicted octanol–water partition coefficient (Wildman–Crippen LogP) is 3.15. The lowest BCUT2D eigenvalue weighted by molar-refractivity contribution is -0.155. The normalized spacial score (nSPS) is 16.4. The first-order chi connectivity index (χ1) is 8.17. The number of carbonyl (C=O) groups is 1. The molecular formula is C13H16BrFO3. The summed E-state index contributed by atoms with van der Waals surface area (Å²) < 4.78 is 14.4. The van der Waals surface area contributed by atoms with Gasteiger partial charge in [-0.05, 0) is 31.0 Å². The Morgan fingerprint density at radius 2 is 2.00 bits per heavy atom. The van der Waals surface area contributed by atoms with E-state index in [4.69, 9.17) is 0 Å². The average Bonchev–Trinajstić information content (AvgIpc) is 2.19. The van der Waals surface area contributed by atoms with Crippen LogP contribution in [0.5, 0.6) is 0 Å². The van der Waals surface area contributed by atoms with E-state index >= 15 is 0 Å². The Hall–Kier alpha value is -0.940. The van der Waals surface area contributed by atoms with Crippen LogP contribution in [0.2, 0.25) is 0 Å². The summed E-state index contributed by atoms with van der Waals surface area (Å²) in [6, 6.07) is 4.11. The minimum absolute atomic E-state index is 0.0158. The molecule has 0 saturated heterocycles. The van der Waals surface area contributed by atoms with Crippen LogP contribution in [0.4, 0.5) is 4.39 Å². The van der Waals surface area contributed by atoms with Crippen LogP contribution in [0.25, 0.3) is 0 Å². The predicted molar refractivity (Wildman–Crippen MR) is 69.6 cm³/mol. The van der Waals surface area contributed by atoms with Crippen molar-refractivity contribution in [3.05, 3.63) is 34.1 Å². The highest BCUT2D eigenvalue weighted by molar-refractivity contribution is 9.10. The molecule has 2 atom stereocenters. The third-order valence-electron chi connectivity index (χ3n) is 3.01. The highest BCUT2D eigenvalue weighted by atomic mass is 79.9. The van der Waals surface area contributed by atoms with Crippen molar-refractivity contribution < 1.29 is 19.4 Å². The molecule has 0 heterocycles. The smallest absolute Gasteiger partial charge is 0.310 e. The van der Waals surface area contributed by atoms with Gasteiger partial charge in [0.1, 0.15) is 11.4 Å². The Labute approximate surface area is 114 Å². The van der Waals surface area contributed by atoms with Gasteiger partial charge < -0.3 is 10.2 Å². The van der Waals surface area contributed by atoms with Gasteiger partial charge in [0.05, 0.1) is 5.92 Å². The summed E-state index contributed by atoms with van der Waals surface area (Å²) >= 11 is 3.19. The summed E-state index contributed by atoms with van der Waals surface area (Å²) in [6.07, 6.45) is 0. The lowest BCUT2D eigenvalue weighted by Gasteiger charge is -2.33. The number of hydrogen-bond acceptors (Lipinski definition) is 2. The molecule has 2 unspecified atom stereocenters. The van der Waals surface area contributed by atoms with Gasteiger partial charge >= 0.3 is 5.97 Å². The number of benzene rings is 1. The van der Waals surface area contributed by atoms with Crippen LogP contribution in [0.15, 0.2) is 22.7 Å². The third kappa shape index (κ3) is 2.90. The molecule has 3 nitrogen and oxygen atoms in total. The van der Waals surface area contributed by atoms with Gasteiger partial charge in [-0.3, -0.25) is 4.79 Å². The Morgan fingerprint density at radius 1 is 1.44 bits per heavy atom. The molecule has 2 N–H and O–H groups in total. The summed E-state index contributed by atoms with van der Waals surface area (Å²) in [4.78, 5) is 11.3. The van der Waals surface area contributed by atoms with E-state index < -0.39 is 23.3 Å². The first kappa shape index (κ1) is 15.1. The molecule has 1 aromatic rings. The Kier molecular flexibility index (Phi) is 4.50. The number of carboxylic acid groups (broad SMARTS) is 1. The van der Waals surface area contributed by atoms with Gasteiger partial charge in [-0.2, -0.15) is 0 Å². The van der Waals surface area contributed by atoms with E-state index in [1.165, 1.54) is 25.1 Å². The zero-order valence-electron chi connectivity index (χ0n) is 10.4. The molecule has 0 bridgehead atoms. The number of aliphatic carboxylic acids is 1. The maximum atomic E-state index is 13.8. The average molecular weight is 319 g/mol. The van der Waals surface area contributed by atoms with Gasteiger partial charge in [0.15, 0.2) is 0 Å². The van der Waals surface area contributed by atoms with E-state index in [0.717, 1.165) is 0 Å². The van der Waals surface area contributed by atoms with Gasteiger partial charge in [-0.25, -0.2) is 4.39 Å². The molecule has 0 aliphatic rings. The van der Waals surface area contributed by atoms with E-state index in [1.54, 1.807) is 13.8 Å². The molecule has 0 aromatic heterocycles. The number of carboxylic acids is 1. The maximum Gasteiger partial charge on any atom is 0.310 e. The van der Waals surface area contributed by atoms with Crippen molar-refractivity contribution in [2.45, 2.75) is 26.4 Å². The van der Waals surface area contributed by atoms with Crippen LogP contribution in [-0.4, -0.2) is 16.2 Å². The summed E-state index contributed by atoms with van der Waals surface area (Å²) in [5, 5.41) is 19.7. The highest BCUT2D eigenvalue weighted by Crippen LogP contribution is 2.36. The highest BCUT2D eigenvalue weighted by Gasteiger charge is 2.42. The minimum atomic E-state index is -1.77. The monoisotopic (exact) mass is 318 g/mol. The second-order valence-electron chi connectivity index (χ2n) is 4.83. The van der Waals surface area contributed by atoms with Crippen LogP contribution >= 0.6 is 15.9 Å². The molecule has 1 rings (SSSR count). The lowest BCUT2D eigenvalue weighted by atomic mass is 9.76. The van der Waals surface area contributed by atoms with E-state index in [-0.39, 0.29) is 11.5 Å². The first-order valence-corrected chi connectivity index (χ1v) is 6.38. The van der Waals surface area contributed by atoms with E-state index in [1.807, 2.05) is 0 Å². The quantitative estimate of drug-likeness (QED) is 0.896. The van der Waals surface area contributed by atoms with Gasteiger partial charge in [-0.1, -0.05) is 29.8 Å². The Balaban J connectivity index is 3.34. The fourth-order valence-electron chi connectivity index (χ4n) is 2.23. The second kappa shape index (κ2) is 5.36. The van der Waals surface area contributed by atoms with Crippen molar-refractivity contribution in [3.8, 4) is 0 Å². The van der Waals surface area contributed by atoms with E-state index in [2.05, 4.69) is 15.9 Å². The largest absolute Gasteiger partial charge is 0.481 e. The molecule has 5 heteroatoms. The van der Waals surface area contributed by atoms with E-state index in [0.29, 0.717) is 4.47 Å². The molecule has 0 aliphatic carbocycles. The number of rotatable bonds is 4. The van der Waals surface area contributed by atoms with Crippen molar-refractivity contribution in [2.75, 3.05) is 0 Å². The lowest BCUT2D eigenvalue weighted by Crippen LogP contribution is -2.41. The van der Waals surface area contributed by atoms with Crippen molar-refractivity contribution in [2.24, 2.45) is 11.8 Å². The van der Waals surface area contributed by atoms with Crippen molar-refractivity contribution in [1.82, 2.24) is 0 Å². The standard InChI is InChI=1S/C13H16BrFO3/c1-7(2)11(12(16)17)13(3,18)9-6-8(14)4-5-10(9)15/h4-7,11,18H,1-3H3,(H,16,17). The summed E-state index contributed by atoms with van der Waals surface area (Å²) in [7, 11) is 0. The van der Waals surface area contributed by atoms with E-state index in [9.17, 15) is 19.4 Å². The van der Waals surface area contributed by atoms with Gasteiger partial charge in [0, 0.05) is 10.0 Å². The van der Waals surface area contributed by atoms with Crippen molar-refractivity contribution >= 4 is 21.9 Å². The minimum Gasteiger partial charge on any atom is -0.481 e.